The maximum absolute atomic E-state index is 11.8. The molecule has 2 aliphatic rings. The molecule has 1 saturated heterocycles. The Balaban J connectivity index is 1.88. The Kier molecular flexibility index (Phi) is 2.28. The molecule has 2 fully saturated rings. The first-order chi connectivity index (χ1) is 6.18. The van der Waals surface area contributed by atoms with E-state index in [4.69, 9.17) is 0 Å². The zero-order valence-corrected chi connectivity index (χ0v) is 8.07. The summed E-state index contributed by atoms with van der Waals surface area (Å²) in [6.07, 6.45) is 2.89. The van der Waals surface area contributed by atoms with Crippen LogP contribution in [-0.4, -0.2) is 35.1 Å². The van der Waals surface area contributed by atoms with E-state index in [0.717, 1.165) is 13.0 Å². The largest absolute Gasteiger partial charge is 0.391 e. The monoisotopic (exact) mass is 183 g/mol. The topological polar surface area (TPSA) is 40.5 Å². The minimum absolute atomic E-state index is 0.185. The molecule has 1 aliphatic carbocycles. The van der Waals surface area contributed by atoms with Crippen molar-refractivity contribution in [1.82, 2.24) is 4.90 Å². The third-order valence-corrected chi connectivity index (χ3v) is 3.19. The van der Waals surface area contributed by atoms with E-state index in [0.29, 0.717) is 12.5 Å². The van der Waals surface area contributed by atoms with E-state index in [2.05, 4.69) is 0 Å². The molecule has 1 saturated carbocycles. The molecule has 1 amide bonds. The smallest absolute Gasteiger partial charge is 0.225 e. The van der Waals surface area contributed by atoms with Gasteiger partial charge in [0.2, 0.25) is 5.91 Å². The summed E-state index contributed by atoms with van der Waals surface area (Å²) in [6.45, 7) is 3.32. The van der Waals surface area contributed by atoms with Crippen molar-refractivity contribution in [2.75, 3.05) is 13.1 Å². The van der Waals surface area contributed by atoms with Gasteiger partial charge in [-0.25, -0.2) is 0 Å². The molecule has 0 aromatic rings. The molecule has 13 heavy (non-hydrogen) atoms. The van der Waals surface area contributed by atoms with Crippen molar-refractivity contribution >= 4 is 5.91 Å². The Hall–Kier alpha value is -0.570. The van der Waals surface area contributed by atoms with Crippen LogP contribution in [-0.2, 0) is 4.79 Å². The lowest BCUT2D eigenvalue weighted by molar-refractivity contribution is -0.134. The fourth-order valence-corrected chi connectivity index (χ4v) is 2.03. The van der Waals surface area contributed by atoms with Crippen molar-refractivity contribution in [1.29, 1.82) is 0 Å². The number of rotatable bonds is 2. The normalized spacial score (nSPS) is 30.6. The summed E-state index contributed by atoms with van der Waals surface area (Å²) in [5.41, 5.74) is 0. The third-order valence-electron chi connectivity index (χ3n) is 3.19. The first kappa shape index (κ1) is 9.00. The molecule has 2 rings (SSSR count). The minimum Gasteiger partial charge on any atom is -0.391 e. The van der Waals surface area contributed by atoms with Crippen molar-refractivity contribution in [3.05, 3.63) is 0 Å². The fourth-order valence-electron chi connectivity index (χ4n) is 2.03. The Bertz CT molecular complexity index is 213. The van der Waals surface area contributed by atoms with Gasteiger partial charge in [0.25, 0.3) is 0 Å². The lowest BCUT2D eigenvalue weighted by Crippen LogP contribution is -2.34. The average Bonchev–Trinajstić information content (AvgIpc) is 2.87. The molecule has 74 valence electrons. The number of carbonyl (C=O) groups excluding carboxylic acids is 1. The van der Waals surface area contributed by atoms with Crippen LogP contribution < -0.4 is 0 Å². The molecular formula is C10H17NO2. The minimum atomic E-state index is -0.282. The quantitative estimate of drug-likeness (QED) is 0.682. The summed E-state index contributed by atoms with van der Waals surface area (Å²) in [6, 6.07) is 0. The van der Waals surface area contributed by atoms with Crippen LogP contribution in [0.4, 0.5) is 0 Å². The number of aliphatic hydroxyl groups is 1. The number of nitrogens with zero attached hydrogens (tertiary/aromatic N) is 1. The number of aliphatic hydroxyl groups excluding tert-OH is 1. The molecule has 1 N–H and O–H groups in total. The second-order valence-corrected chi connectivity index (χ2v) is 4.35. The average molecular weight is 183 g/mol. The molecule has 1 aliphatic heterocycles. The summed E-state index contributed by atoms with van der Waals surface area (Å²) in [5, 5.41) is 9.29. The molecule has 1 unspecified atom stereocenters. The second-order valence-electron chi connectivity index (χ2n) is 4.35. The van der Waals surface area contributed by atoms with E-state index in [1.807, 2.05) is 11.8 Å². The molecular weight excluding hydrogens is 166 g/mol. The number of β-amino-alcohol motifs (C(OH)–C–C–N with tert-alkyl or cyclic N) is 1. The Morgan fingerprint density at radius 3 is 2.62 bits per heavy atom. The van der Waals surface area contributed by atoms with Crippen LogP contribution in [0.15, 0.2) is 0 Å². The van der Waals surface area contributed by atoms with Gasteiger partial charge in [0.05, 0.1) is 6.10 Å². The highest BCUT2D eigenvalue weighted by atomic mass is 16.3. The van der Waals surface area contributed by atoms with Gasteiger partial charge in [0.1, 0.15) is 0 Å². The maximum atomic E-state index is 11.8. The zero-order valence-electron chi connectivity index (χ0n) is 8.07. The highest BCUT2D eigenvalue weighted by molar-refractivity contribution is 5.79. The first-order valence-corrected chi connectivity index (χ1v) is 5.15. The van der Waals surface area contributed by atoms with Crippen molar-refractivity contribution in [3.63, 3.8) is 0 Å². The van der Waals surface area contributed by atoms with Crippen LogP contribution in [0.25, 0.3) is 0 Å². The van der Waals surface area contributed by atoms with Crippen LogP contribution >= 0.6 is 0 Å². The van der Waals surface area contributed by atoms with Gasteiger partial charge in [0.15, 0.2) is 0 Å². The summed E-state index contributed by atoms with van der Waals surface area (Å²) < 4.78 is 0. The van der Waals surface area contributed by atoms with Gasteiger partial charge in [-0.3, -0.25) is 4.79 Å². The molecule has 3 heteroatoms. The molecule has 0 aromatic carbocycles. The van der Waals surface area contributed by atoms with Gasteiger partial charge in [-0.15, -0.1) is 0 Å². The lowest BCUT2D eigenvalue weighted by atomic mass is 10.1. The summed E-state index contributed by atoms with van der Waals surface area (Å²) in [5.74, 6) is 1.06. The number of hydrogen-bond acceptors (Lipinski definition) is 2. The first-order valence-electron chi connectivity index (χ1n) is 5.15. The highest BCUT2D eigenvalue weighted by Crippen LogP contribution is 2.37. The molecule has 3 nitrogen and oxygen atoms in total. The number of hydrogen-bond donors (Lipinski definition) is 1. The lowest BCUT2D eigenvalue weighted by Gasteiger charge is -2.19. The highest BCUT2D eigenvalue weighted by Gasteiger charge is 2.36. The third kappa shape index (κ3) is 1.85. The molecule has 0 aromatic heterocycles. The predicted molar refractivity (Wildman–Crippen MR) is 49.1 cm³/mol. The van der Waals surface area contributed by atoms with E-state index < -0.39 is 0 Å². The van der Waals surface area contributed by atoms with E-state index in [-0.39, 0.29) is 17.9 Å². The molecule has 1 heterocycles. The van der Waals surface area contributed by atoms with Gasteiger partial charge in [-0.05, 0) is 25.2 Å². The molecule has 2 atom stereocenters. The summed E-state index contributed by atoms with van der Waals surface area (Å²) in [4.78, 5) is 13.6. The summed E-state index contributed by atoms with van der Waals surface area (Å²) in [7, 11) is 0. The van der Waals surface area contributed by atoms with E-state index in [1.165, 1.54) is 12.8 Å². The molecule has 0 radical (unpaired) electrons. The van der Waals surface area contributed by atoms with Gasteiger partial charge in [-0.1, -0.05) is 6.92 Å². The van der Waals surface area contributed by atoms with Crippen LogP contribution in [0, 0.1) is 11.8 Å². The van der Waals surface area contributed by atoms with Crippen molar-refractivity contribution in [2.45, 2.75) is 32.3 Å². The summed E-state index contributed by atoms with van der Waals surface area (Å²) >= 11 is 0. The Labute approximate surface area is 78.7 Å². The molecule has 0 bridgehead atoms. The van der Waals surface area contributed by atoms with Gasteiger partial charge in [-0.2, -0.15) is 0 Å². The number of likely N-dealkylation sites (tertiary alicyclic amines) is 1. The van der Waals surface area contributed by atoms with Gasteiger partial charge < -0.3 is 10.0 Å². The standard InChI is InChI=1S/C10H17NO2/c1-7(8-2-3-8)10(13)11-5-4-9(12)6-11/h7-9,12H,2-6H2,1H3/t7?,9-/m1/s1. The van der Waals surface area contributed by atoms with E-state index in [1.54, 1.807) is 0 Å². The maximum Gasteiger partial charge on any atom is 0.225 e. The second kappa shape index (κ2) is 3.29. The van der Waals surface area contributed by atoms with Gasteiger partial charge >= 0.3 is 0 Å². The Morgan fingerprint density at radius 1 is 1.46 bits per heavy atom. The van der Waals surface area contributed by atoms with Crippen LogP contribution in [0.1, 0.15) is 26.2 Å². The predicted octanol–water partition coefficient (Wildman–Crippen LogP) is 0.626. The fraction of sp³-hybridized carbons (Fsp3) is 0.900. The number of amides is 1. The number of carbonyl (C=O) groups is 1. The SMILES string of the molecule is CC(C(=O)N1CC[C@@H](O)C1)C1CC1. The van der Waals surface area contributed by atoms with E-state index >= 15 is 0 Å². The zero-order chi connectivity index (χ0) is 9.42. The molecule has 0 spiro atoms. The van der Waals surface area contributed by atoms with Crippen molar-refractivity contribution in [2.24, 2.45) is 11.8 Å². The van der Waals surface area contributed by atoms with Crippen molar-refractivity contribution < 1.29 is 9.90 Å². The Morgan fingerprint density at radius 2 is 2.15 bits per heavy atom. The van der Waals surface area contributed by atoms with Crippen molar-refractivity contribution in [3.8, 4) is 0 Å². The van der Waals surface area contributed by atoms with Crippen LogP contribution in [0.2, 0.25) is 0 Å². The van der Waals surface area contributed by atoms with E-state index in [9.17, 15) is 9.90 Å². The van der Waals surface area contributed by atoms with Crippen LogP contribution in [0.5, 0.6) is 0 Å². The van der Waals surface area contributed by atoms with Crippen LogP contribution in [0.3, 0.4) is 0 Å². The van der Waals surface area contributed by atoms with Gasteiger partial charge in [0, 0.05) is 19.0 Å².